The van der Waals surface area contributed by atoms with Gasteiger partial charge in [-0.2, -0.15) is 0 Å². The third kappa shape index (κ3) is 4.13. The molecule has 0 amide bonds. The first-order valence-corrected chi connectivity index (χ1v) is 9.00. The van der Waals surface area contributed by atoms with Crippen molar-refractivity contribution in [3.63, 3.8) is 0 Å². The molecule has 0 N–H and O–H groups in total. The van der Waals surface area contributed by atoms with E-state index in [4.69, 9.17) is 19.4 Å². The van der Waals surface area contributed by atoms with Crippen LogP contribution in [0.15, 0.2) is 48.5 Å². The third-order valence-electron chi connectivity index (χ3n) is 4.62. The van der Waals surface area contributed by atoms with E-state index >= 15 is 0 Å². The van der Waals surface area contributed by atoms with Gasteiger partial charge in [0.05, 0.1) is 25.9 Å². The Morgan fingerprint density at radius 2 is 1.20 bits per heavy atom. The van der Waals surface area contributed by atoms with Crippen LogP contribution in [-0.2, 0) is 25.8 Å². The average Bonchev–Trinajstić information content (AvgIpc) is 3.43. The standard InChI is InChI=1S/C21H20N6O2.Pd/c1-21(2,15-7-5-9-17(22-15)26-13-11-19(24-26)28-3)16-8-6-10-18(23-16)27-14-12-20(25-27)29-4;/h5-12H,1-4H3;/q-2;+2. The zero-order valence-corrected chi connectivity index (χ0v) is 18.5. The van der Waals surface area contributed by atoms with Crippen molar-refractivity contribution in [2.24, 2.45) is 0 Å². The van der Waals surface area contributed by atoms with Gasteiger partial charge in [0.25, 0.3) is 0 Å². The summed E-state index contributed by atoms with van der Waals surface area (Å²) in [4.78, 5) is 9.56. The van der Waals surface area contributed by atoms with Gasteiger partial charge in [-0.3, -0.25) is 9.97 Å². The minimum atomic E-state index is -0.458. The second-order valence-electron chi connectivity index (χ2n) is 6.84. The number of hydrogen-bond donors (Lipinski definition) is 0. The first-order valence-electron chi connectivity index (χ1n) is 9.00. The fraction of sp³-hybridized carbons (Fsp3) is 0.238. The van der Waals surface area contributed by atoms with Crippen molar-refractivity contribution in [1.29, 1.82) is 0 Å². The van der Waals surface area contributed by atoms with Crippen molar-refractivity contribution in [1.82, 2.24) is 29.5 Å². The van der Waals surface area contributed by atoms with E-state index in [0.717, 1.165) is 11.4 Å². The van der Waals surface area contributed by atoms with Crippen molar-refractivity contribution in [2.75, 3.05) is 14.2 Å². The van der Waals surface area contributed by atoms with Crippen LogP contribution < -0.4 is 9.47 Å². The summed E-state index contributed by atoms with van der Waals surface area (Å²) in [5.41, 5.74) is 1.25. The fourth-order valence-electron chi connectivity index (χ4n) is 2.89. The molecule has 0 fully saturated rings. The number of hydrogen-bond acceptors (Lipinski definition) is 6. The van der Waals surface area contributed by atoms with E-state index in [2.05, 4.69) is 36.4 Å². The second kappa shape index (κ2) is 8.78. The summed E-state index contributed by atoms with van der Waals surface area (Å²) >= 11 is 0. The summed E-state index contributed by atoms with van der Waals surface area (Å²) in [6.07, 6.45) is 6.01. The molecule has 4 rings (SSSR count). The Kier molecular flexibility index (Phi) is 6.34. The Bertz CT molecular complexity index is 1050. The van der Waals surface area contributed by atoms with Gasteiger partial charge in [0, 0.05) is 16.8 Å². The van der Waals surface area contributed by atoms with Crippen LogP contribution in [0.3, 0.4) is 0 Å². The monoisotopic (exact) mass is 494 g/mol. The summed E-state index contributed by atoms with van der Waals surface area (Å²) in [6, 6.07) is 14.9. The van der Waals surface area contributed by atoms with Crippen molar-refractivity contribution in [2.45, 2.75) is 19.3 Å². The molecule has 30 heavy (non-hydrogen) atoms. The summed E-state index contributed by atoms with van der Waals surface area (Å²) < 4.78 is 13.4. The van der Waals surface area contributed by atoms with Crippen LogP contribution >= 0.6 is 0 Å². The molecule has 0 saturated carbocycles. The van der Waals surface area contributed by atoms with Gasteiger partial charge in [-0.15, -0.1) is 0 Å². The van der Waals surface area contributed by atoms with Crippen LogP contribution in [0, 0.1) is 12.4 Å². The normalized spacial score (nSPS) is 11.1. The van der Waals surface area contributed by atoms with Crippen molar-refractivity contribution in [3.8, 4) is 23.4 Å². The molecule has 4 aromatic rings. The molecule has 0 aliphatic carbocycles. The molecule has 156 valence electrons. The molecule has 0 bridgehead atoms. The molecular formula is C21H20N6O2Pd. The first-order chi connectivity index (χ1) is 14.0. The number of nitrogens with zero attached hydrogens (tertiary/aromatic N) is 6. The number of ether oxygens (including phenoxy) is 2. The van der Waals surface area contributed by atoms with Gasteiger partial charge in [-0.05, 0) is 26.0 Å². The Labute approximate surface area is 188 Å². The average molecular weight is 495 g/mol. The molecule has 0 spiro atoms. The molecule has 0 aromatic carbocycles. The predicted octanol–water partition coefficient (Wildman–Crippen LogP) is 2.79. The molecule has 4 aromatic heterocycles. The molecule has 0 radical (unpaired) electrons. The van der Waals surface area contributed by atoms with E-state index in [1.165, 1.54) is 0 Å². The van der Waals surface area contributed by atoms with Crippen LogP contribution in [0.2, 0.25) is 0 Å². The summed E-state index contributed by atoms with van der Waals surface area (Å²) in [6.45, 7) is 4.15. The third-order valence-corrected chi connectivity index (χ3v) is 4.62. The van der Waals surface area contributed by atoms with Crippen molar-refractivity contribution >= 4 is 0 Å². The first kappa shape index (κ1) is 21.7. The number of rotatable bonds is 6. The van der Waals surface area contributed by atoms with Gasteiger partial charge in [0.1, 0.15) is 11.8 Å². The minimum absolute atomic E-state index is 0. The zero-order chi connectivity index (χ0) is 20.4. The summed E-state index contributed by atoms with van der Waals surface area (Å²) in [5.74, 6) is 2.27. The quantitative estimate of drug-likeness (QED) is 0.303. The molecule has 0 unspecified atom stereocenters. The van der Waals surface area contributed by atoms with Gasteiger partial charge in [-0.25, -0.2) is 10.2 Å². The second-order valence-corrected chi connectivity index (χ2v) is 6.84. The molecule has 8 nitrogen and oxygen atoms in total. The zero-order valence-electron chi connectivity index (χ0n) is 16.9. The van der Waals surface area contributed by atoms with Crippen LogP contribution in [0.4, 0.5) is 0 Å². The number of aromatic nitrogens is 6. The minimum Gasteiger partial charge on any atom is -0.536 e. The molecule has 4 heterocycles. The van der Waals surface area contributed by atoms with E-state index in [9.17, 15) is 0 Å². The van der Waals surface area contributed by atoms with E-state index in [1.807, 2.05) is 36.4 Å². The molecule has 0 saturated heterocycles. The van der Waals surface area contributed by atoms with Crippen LogP contribution in [0.5, 0.6) is 11.8 Å². The van der Waals surface area contributed by atoms with E-state index in [-0.39, 0.29) is 20.4 Å². The Morgan fingerprint density at radius 1 is 0.767 bits per heavy atom. The maximum Gasteiger partial charge on any atom is 2.00 e. The molecular weight excluding hydrogens is 475 g/mol. The Morgan fingerprint density at radius 3 is 1.57 bits per heavy atom. The smallest absolute Gasteiger partial charge is 0.536 e. The van der Waals surface area contributed by atoms with Gasteiger partial charge >= 0.3 is 20.4 Å². The van der Waals surface area contributed by atoms with Gasteiger partial charge < -0.3 is 18.8 Å². The van der Waals surface area contributed by atoms with Gasteiger partial charge in [0.2, 0.25) is 0 Å². The van der Waals surface area contributed by atoms with Gasteiger partial charge in [0.15, 0.2) is 0 Å². The van der Waals surface area contributed by atoms with E-state index < -0.39 is 5.41 Å². The number of pyridine rings is 2. The Hall–Kier alpha value is -3.02. The van der Waals surface area contributed by atoms with Crippen molar-refractivity contribution in [3.05, 3.63) is 72.3 Å². The topological polar surface area (TPSA) is 79.9 Å². The molecule has 0 atom stereocenters. The van der Waals surface area contributed by atoms with Crippen LogP contribution in [0.1, 0.15) is 25.2 Å². The molecule has 9 heteroatoms. The summed E-state index contributed by atoms with van der Waals surface area (Å²) in [7, 11) is 3.14. The largest absolute Gasteiger partial charge is 2.00 e. The Balaban J connectivity index is 0.00000256. The van der Waals surface area contributed by atoms with Crippen molar-refractivity contribution < 1.29 is 29.9 Å². The van der Waals surface area contributed by atoms with E-state index in [0.29, 0.717) is 23.4 Å². The maximum atomic E-state index is 5.13. The molecule has 0 aliphatic heterocycles. The SMILES string of the molecule is COc1c[c-]n(-c2cccc(C(C)(C)c3cccc(-n4[c-]cc(OC)n4)n3)n2)n1.[Pd+2]. The molecule has 0 aliphatic rings. The number of methoxy groups -OCH3 is 2. The fourth-order valence-corrected chi connectivity index (χ4v) is 2.89. The predicted molar refractivity (Wildman–Crippen MR) is 106 cm³/mol. The maximum absolute atomic E-state index is 5.13. The van der Waals surface area contributed by atoms with Crippen LogP contribution in [-0.4, -0.2) is 43.7 Å². The summed E-state index contributed by atoms with van der Waals surface area (Å²) in [5, 5.41) is 8.58. The van der Waals surface area contributed by atoms with Gasteiger partial charge in [-0.1, -0.05) is 48.8 Å². The van der Waals surface area contributed by atoms with E-state index in [1.54, 1.807) is 35.7 Å². The van der Waals surface area contributed by atoms with Crippen LogP contribution in [0.25, 0.3) is 11.6 Å².